The summed E-state index contributed by atoms with van der Waals surface area (Å²) in [5.74, 6) is -0.303. The Bertz CT molecular complexity index is 1280. The summed E-state index contributed by atoms with van der Waals surface area (Å²) in [6, 6.07) is 4.96. The number of methoxy groups -OCH3 is 1. The molecule has 36 heavy (non-hydrogen) atoms. The van der Waals surface area contributed by atoms with Gasteiger partial charge in [-0.25, -0.2) is 14.4 Å². The fourth-order valence-corrected chi connectivity index (χ4v) is 5.95. The molecule has 3 aromatic rings. The van der Waals surface area contributed by atoms with Crippen molar-refractivity contribution < 1.29 is 18.7 Å². The van der Waals surface area contributed by atoms with E-state index in [9.17, 15) is 4.79 Å². The molecule has 192 valence electrons. The summed E-state index contributed by atoms with van der Waals surface area (Å²) in [5, 5.41) is 3.87. The first-order chi connectivity index (χ1) is 17.3. The van der Waals surface area contributed by atoms with Crippen LogP contribution in [0.2, 0.25) is 0 Å². The first-order valence-electron chi connectivity index (χ1n) is 12.1. The summed E-state index contributed by atoms with van der Waals surface area (Å²) < 4.78 is 25.9. The first kappa shape index (κ1) is 24.8. The summed E-state index contributed by atoms with van der Waals surface area (Å²) in [6.07, 6.45) is 1.67. The minimum absolute atomic E-state index is 0.130. The first-order valence-corrected chi connectivity index (χ1v) is 12.9. The SMILES string of the molecule is COCCOC1CN(c2nc3c(cc2F)CC(NC(=O)c2sc4nc(C)ccc4c2N)CC3)CC1N. The zero-order valence-electron chi connectivity index (χ0n) is 20.4. The van der Waals surface area contributed by atoms with Crippen LogP contribution in [0.15, 0.2) is 18.2 Å². The van der Waals surface area contributed by atoms with Crippen LogP contribution >= 0.6 is 11.3 Å². The Morgan fingerprint density at radius 3 is 2.94 bits per heavy atom. The zero-order chi connectivity index (χ0) is 25.4. The second-order valence-electron chi connectivity index (χ2n) is 9.43. The largest absolute Gasteiger partial charge is 0.397 e. The number of nitrogen functional groups attached to an aromatic ring is 1. The number of pyridine rings is 2. The summed E-state index contributed by atoms with van der Waals surface area (Å²) in [6.45, 7) is 3.79. The lowest BCUT2D eigenvalue weighted by Gasteiger charge is -2.27. The quantitative estimate of drug-likeness (QED) is 0.409. The molecule has 3 atom stereocenters. The maximum Gasteiger partial charge on any atom is 0.263 e. The number of hydrogen-bond acceptors (Lipinski definition) is 9. The Hall–Kier alpha value is -2.86. The fraction of sp³-hybridized carbons (Fsp3) is 0.480. The van der Waals surface area contributed by atoms with Crippen molar-refractivity contribution in [2.24, 2.45) is 5.73 Å². The van der Waals surface area contributed by atoms with Gasteiger partial charge in [0.25, 0.3) is 5.91 Å². The fourth-order valence-electron chi connectivity index (χ4n) is 4.91. The molecule has 0 saturated carbocycles. The number of aromatic nitrogens is 2. The van der Waals surface area contributed by atoms with E-state index in [-0.39, 0.29) is 29.9 Å². The Balaban J connectivity index is 1.26. The topological polar surface area (TPSA) is 129 Å². The summed E-state index contributed by atoms with van der Waals surface area (Å²) in [4.78, 5) is 25.2. The molecule has 1 aliphatic heterocycles. The molecule has 11 heteroatoms. The number of hydrogen-bond donors (Lipinski definition) is 3. The van der Waals surface area contributed by atoms with Crippen molar-refractivity contribution in [2.75, 3.05) is 44.0 Å². The Labute approximate surface area is 213 Å². The number of rotatable bonds is 7. The molecule has 1 aliphatic carbocycles. The highest BCUT2D eigenvalue weighted by molar-refractivity contribution is 7.21. The molecule has 3 unspecified atom stereocenters. The number of nitrogens with two attached hydrogens (primary N) is 2. The molecule has 5 rings (SSSR count). The van der Waals surface area contributed by atoms with E-state index in [4.69, 9.17) is 20.9 Å². The van der Waals surface area contributed by atoms with E-state index in [0.717, 1.165) is 27.2 Å². The van der Waals surface area contributed by atoms with Gasteiger partial charge in [-0.15, -0.1) is 11.3 Å². The average molecular weight is 515 g/mol. The number of aryl methyl sites for hydroxylation is 2. The van der Waals surface area contributed by atoms with Crippen LogP contribution in [0.3, 0.4) is 0 Å². The van der Waals surface area contributed by atoms with Gasteiger partial charge in [-0.2, -0.15) is 0 Å². The highest BCUT2D eigenvalue weighted by Crippen LogP contribution is 2.33. The van der Waals surface area contributed by atoms with Crippen molar-refractivity contribution in [3.8, 4) is 0 Å². The summed E-state index contributed by atoms with van der Waals surface area (Å²) >= 11 is 1.29. The number of anilines is 2. The van der Waals surface area contributed by atoms with Gasteiger partial charge in [0, 0.05) is 43.0 Å². The van der Waals surface area contributed by atoms with Crippen LogP contribution in [0.4, 0.5) is 15.9 Å². The van der Waals surface area contributed by atoms with Crippen LogP contribution < -0.4 is 21.7 Å². The number of halogens is 1. The Morgan fingerprint density at radius 2 is 2.14 bits per heavy atom. The third kappa shape index (κ3) is 4.88. The number of carbonyl (C=O) groups is 1. The van der Waals surface area contributed by atoms with Crippen LogP contribution in [0.1, 0.15) is 33.0 Å². The molecule has 5 N–H and O–H groups in total. The molecule has 0 radical (unpaired) electrons. The highest BCUT2D eigenvalue weighted by Gasteiger charge is 2.34. The van der Waals surface area contributed by atoms with Gasteiger partial charge in [0.1, 0.15) is 9.71 Å². The summed E-state index contributed by atoms with van der Waals surface area (Å²) in [5.41, 5.74) is 15.5. The third-order valence-electron chi connectivity index (χ3n) is 6.82. The lowest BCUT2D eigenvalue weighted by Crippen LogP contribution is -2.39. The maximum absolute atomic E-state index is 15.1. The van der Waals surface area contributed by atoms with E-state index in [1.807, 2.05) is 24.0 Å². The molecule has 0 bridgehead atoms. The lowest BCUT2D eigenvalue weighted by atomic mass is 9.91. The van der Waals surface area contributed by atoms with E-state index >= 15 is 4.39 Å². The average Bonchev–Trinajstić information content (AvgIpc) is 3.37. The van der Waals surface area contributed by atoms with Gasteiger partial charge in [0.15, 0.2) is 11.6 Å². The van der Waals surface area contributed by atoms with Gasteiger partial charge in [-0.1, -0.05) is 0 Å². The number of nitrogens with zero attached hydrogens (tertiary/aromatic N) is 3. The molecule has 1 saturated heterocycles. The summed E-state index contributed by atoms with van der Waals surface area (Å²) in [7, 11) is 1.62. The predicted octanol–water partition coefficient (Wildman–Crippen LogP) is 2.19. The Morgan fingerprint density at radius 1 is 1.31 bits per heavy atom. The normalized spacial score (nSPS) is 21.7. The standard InChI is InChI=1S/C25H31FN6O3S/c1-13-3-5-16-21(28)22(36-25(16)29-13)24(33)30-15-4-6-19-14(9-15)10-17(26)23(31-19)32-11-18(27)20(12-32)35-8-7-34-2/h3,5,10,15,18,20H,4,6-9,11-12,27-28H2,1-2H3,(H,30,33). The highest BCUT2D eigenvalue weighted by atomic mass is 32.1. The van der Waals surface area contributed by atoms with Crippen LogP contribution in [0, 0.1) is 12.7 Å². The van der Waals surface area contributed by atoms with Gasteiger partial charge in [0.05, 0.1) is 31.0 Å². The van der Waals surface area contributed by atoms with Gasteiger partial charge in [-0.05, 0) is 49.9 Å². The second kappa shape index (κ2) is 10.3. The maximum atomic E-state index is 15.1. The van der Waals surface area contributed by atoms with Crippen LogP contribution in [-0.2, 0) is 22.3 Å². The number of ether oxygens (including phenoxy) is 2. The zero-order valence-corrected chi connectivity index (χ0v) is 21.2. The van der Waals surface area contributed by atoms with E-state index in [1.165, 1.54) is 11.3 Å². The van der Waals surface area contributed by atoms with E-state index < -0.39 is 0 Å². The van der Waals surface area contributed by atoms with Crippen molar-refractivity contribution in [1.82, 2.24) is 15.3 Å². The Kier molecular flexibility index (Phi) is 7.07. The molecule has 3 aromatic heterocycles. The monoisotopic (exact) mass is 514 g/mol. The number of nitrogens with one attached hydrogen (secondary N) is 1. The van der Waals surface area contributed by atoms with Crippen LogP contribution in [0.25, 0.3) is 10.2 Å². The lowest BCUT2D eigenvalue weighted by molar-refractivity contribution is 0.0212. The van der Waals surface area contributed by atoms with Gasteiger partial charge in [0.2, 0.25) is 0 Å². The molecule has 2 aliphatic rings. The van der Waals surface area contributed by atoms with Crippen LogP contribution in [-0.4, -0.2) is 67.5 Å². The smallest absolute Gasteiger partial charge is 0.263 e. The van der Waals surface area contributed by atoms with Crippen molar-refractivity contribution in [1.29, 1.82) is 0 Å². The van der Waals surface area contributed by atoms with Crippen molar-refractivity contribution >= 4 is 39.0 Å². The predicted molar refractivity (Wildman–Crippen MR) is 138 cm³/mol. The van der Waals surface area contributed by atoms with E-state index in [1.54, 1.807) is 13.2 Å². The van der Waals surface area contributed by atoms with Gasteiger partial charge < -0.3 is 31.2 Å². The van der Waals surface area contributed by atoms with Crippen molar-refractivity contribution in [3.63, 3.8) is 0 Å². The minimum atomic E-state index is -0.388. The molecule has 1 amide bonds. The van der Waals surface area contributed by atoms with Crippen LogP contribution in [0.5, 0.6) is 0 Å². The molecule has 0 aromatic carbocycles. The van der Waals surface area contributed by atoms with E-state index in [0.29, 0.717) is 61.9 Å². The molecule has 9 nitrogen and oxygen atoms in total. The van der Waals surface area contributed by atoms with Gasteiger partial charge in [-0.3, -0.25) is 4.79 Å². The number of amides is 1. The third-order valence-corrected chi connectivity index (χ3v) is 7.94. The molecular formula is C25H31FN6O3S. The minimum Gasteiger partial charge on any atom is -0.397 e. The van der Waals surface area contributed by atoms with E-state index in [2.05, 4.69) is 15.3 Å². The molecule has 4 heterocycles. The van der Waals surface area contributed by atoms with Crippen molar-refractivity contribution in [2.45, 2.75) is 44.4 Å². The number of thiophene rings is 1. The second-order valence-corrected chi connectivity index (χ2v) is 10.4. The van der Waals surface area contributed by atoms with Crippen molar-refractivity contribution in [3.05, 3.63) is 45.8 Å². The molecule has 0 spiro atoms. The molecule has 1 fully saturated rings. The molecular weight excluding hydrogens is 483 g/mol. The number of fused-ring (bicyclic) bond motifs is 2. The number of carbonyl (C=O) groups excluding carboxylic acids is 1. The van der Waals surface area contributed by atoms with Gasteiger partial charge >= 0.3 is 0 Å².